The van der Waals surface area contributed by atoms with E-state index in [4.69, 9.17) is 32.2 Å². The Balaban J connectivity index is 1.24. The fraction of sp³-hybridized carbons (Fsp3) is 0.156. The van der Waals surface area contributed by atoms with Crippen LogP contribution >= 0.6 is 23.6 Å². The minimum absolute atomic E-state index is 0.00641. The maximum Gasteiger partial charge on any atom is 0.230 e. The number of carbonyl (C=O) groups is 1. The summed E-state index contributed by atoms with van der Waals surface area (Å²) in [4.78, 5) is 17.4. The largest absolute Gasteiger partial charge is 0.453 e. The summed E-state index contributed by atoms with van der Waals surface area (Å²) in [7, 11) is 0. The molecule has 0 unspecified atom stereocenters. The van der Waals surface area contributed by atoms with E-state index in [0.717, 1.165) is 16.9 Å². The van der Waals surface area contributed by atoms with Gasteiger partial charge in [0.1, 0.15) is 11.6 Å². The summed E-state index contributed by atoms with van der Waals surface area (Å²) in [6, 6.07) is 13.3. The van der Waals surface area contributed by atoms with Crippen LogP contribution in [0.2, 0.25) is 0 Å². The van der Waals surface area contributed by atoms with Crippen LogP contribution < -0.4 is 21.1 Å². The van der Waals surface area contributed by atoms with E-state index in [1.165, 1.54) is 47.7 Å². The van der Waals surface area contributed by atoms with E-state index in [1.807, 2.05) is 6.07 Å². The van der Waals surface area contributed by atoms with Gasteiger partial charge in [-0.3, -0.25) is 9.78 Å². The number of nitrogens with zero attached hydrogens (tertiary/aromatic N) is 1. The second-order valence-corrected chi connectivity index (χ2v) is 11.1. The highest BCUT2D eigenvalue weighted by atomic mass is 32.1. The lowest BCUT2D eigenvalue weighted by molar-refractivity contribution is -0.154. The van der Waals surface area contributed by atoms with Crippen molar-refractivity contribution < 1.29 is 27.8 Å². The molecule has 2 aromatic heterocycles. The molecule has 0 bridgehead atoms. The van der Waals surface area contributed by atoms with Crippen molar-refractivity contribution in [3.63, 3.8) is 0 Å². The van der Waals surface area contributed by atoms with Gasteiger partial charge in [0.05, 0.1) is 34.7 Å². The molecule has 44 heavy (non-hydrogen) atoms. The van der Waals surface area contributed by atoms with Crippen LogP contribution in [-0.4, -0.2) is 35.5 Å². The molecule has 4 aromatic rings. The smallest absolute Gasteiger partial charge is 0.230 e. The quantitative estimate of drug-likeness (QED) is 0.140. The van der Waals surface area contributed by atoms with Crippen molar-refractivity contribution >= 4 is 56.2 Å². The van der Waals surface area contributed by atoms with Gasteiger partial charge in [-0.1, -0.05) is 30.9 Å². The third-order valence-corrected chi connectivity index (χ3v) is 7.78. The minimum Gasteiger partial charge on any atom is -0.453 e. The SMILES string of the molecule is C=C/C(=C\C=C(/N)c1cc2nccc(Oc3ccc(NC(=S)NC(=O)Cc4ccc(F)cc4)cc3F)c2s1)C1OCCCO1. The molecule has 0 aliphatic carbocycles. The zero-order valence-corrected chi connectivity index (χ0v) is 25.0. The Kier molecular flexibility index (Phi) is 10.1. The molecule has 0 atom stereocenters. The van der Waals surface area contributed by atoms with E-state index >= 15 is 4.39 Å². The van der Waals surface area contributed by atoms with Crippen LogP contribution in [0.5, 0.6) is 11.5 Å². The van der Waals surface area contributed by atoms with Gasteiger partial charge in [0.2, 0.25) is 5.91 Å². The lowest BCUT2D eigenvalue weighted by Gasteiger charge is -2.23. The van der Waals surface area contributed by atoms with E-state index in [1.54, 1.807) is 36.6 Å². The van der Waals surface area contributed by atoms with Crippen molar-refractivity contribution in [1.82, 2.24) is 10.3 Å². The number of thiocarbonyl (C=S) groups is 1. The number of nitrogens with one attached hydrogen (secondary N) is 2. The number of aromatic nitrogens is 1. The molecule has 5 rings (SSSR count). The number of pyridine rings is 1. The number of allylic oxidation sites excluding steroid dienone is 2. The predicted octanol–water partition coefficient (Wildman–Crippen LogP) is 6.60. The Bertz CT molecular complexity index is 1750. The monoisotopic (exact) mass is 634 g/mol. The normalized spacial score (nSPS) is 14.3. The first-order valence-corrected chi connectivity index (χ1v) is 14.8. The lowest BCUT2D eigenvalue weighted by atomic mass is 10.1. The number of hydrogen-bond acceptors (Lipinski definition) is 8. The summed E-state index contributed by atoms with van der Waals surface area (Å²) in [6.07, 6.45) is 7.18. The molecule has 12 heteroatoms. The van der Waals surface area contributed by atoms with Crippen LogP contribution in [0.15, 0.2) is 91.2 Å². The molecule has 4 N–H and O–H groups in total. The van der Waals surface area contributed by atoms with E-state index in [-0.39, 0.29) is 23.1 Å². The van der Waals surface area contributed by atoms with Gasteiger partial charge in [-0.05, 0) is 60.6 Å². The van der Waals surface area contributed by atoms with E-state index in [2.05, 4.69) is 22.2 Å². The van der Waals surface area contributed by atoms with Gasteiger partial charge in [-0.2, -0.15) is 0 Å². The number of rotatable bonds is 9. The number of amides is 1. The number of thiophene rings is 1. The third-order valence-electron chi connectivity index (χ3n) is 6.39. The molecule has 2 aromatic carbocycles. The van der Waals surface area contributed by atoms with Crippen LogP contribution in [0.1, 0.15) is 16.9 Å². The first-order chi connectivity index (χ1) is 21.3. The zero-order chi connectivity index (χ0) is 31.1. The van der Waals surface area contributed by atoms with Crippen LogP contribution in [0, 0.1) is 11.6 Å². The number of halogens is 2. The highest BCUT2D eigenvalue weighted by molar-refractivity contribution is 7.80. The van der Waals surface area contributed by atoms with E-state index < -0.39 is 18.0 Å². The summed E-state index contributed by atoms with van der Waals surface area (Å²) >= 11 is 6.54. The molecule has 3 heterocycles. The predicted molar refractivity (Wildman–Crippen MR) is 171 cm³/mol. The molecule has 0 radical (unpaired) electrons. The molecule has 1 aliphatic heterocycles. The van der Waals surface area contributed by atoms with Gasteiger partial charge in [-0.25, -0.2) is 8.78 Å². The van der Waals surface area contributed by atoms with E-state index in [0.29, 0.717) is 46.1 Å². The van der Waals surface area contributed by atoms with Crippen molar-refractivity contribution in [3.8, 4) is 11.5 Å². The van der Waals surface area contributed by atoms with Crippen LogP contribution in [0.4, 0.5) is 14.5 Å². The van der Waals surface area contributed by atoms with Crippen LogP contribution in [0.3, 0.4) is 0 Å². The Labute approximate surface area is 261 Å². The molecule has 1 aliphatic rings. The molecule has 226 valence electrons. The standard InChI is InChI=1S/C32H28F2N4O4S2/c1-2-20(31-40-14-3-15-41-31)6-10-24(35)28-18-25-30(44-28)27(12-13-36-25)42-26-11-9-22(17-23(26)34)37-32(43)38-29(39)16-19-4-7-21(33)8-5-19/h2,4-13,17-18,31H,1,3,14-16,35H2,(H2,37,38,39,43)/b20-6+,24-10-. The Hall–Kier alpha value is -4.49. The molecule has 0 spiro atoms. The first kappa shape index (κ1) is 31.0. The first-order valence-electron chi connectivity index (χ1n) is 13.5. The molecule has 1 fully saturated rings. The second-order valence-electron chi connectivity index (χ2n) is 9.61. The van der Waals surface area contributed by atoms with Gasteiger partial charge in [0, 0.05) is 35.3 Å². The zero-order valence-electron chi connectivity index (χ0n) is 23.3. The maximum absolute atomic E-state index is 15.1. The molecule has 1 saturated heterocycles. The maximum atomic E-state index is 15.1. The van der Waals surface area contributed by atoms with Crippen LogP contribution in [-0.2, 0) is 20.7 Å². The van der Waals surface area contributed by atoms with Crippen LogP contribution in [0.25, 0.3) is 15.9 Å². The van der Waals surface area contributed by atoms with Crippen molar-refractivity contribution in [1.29, 1.82) is 0 Å². The summed E-state index contributed by atoms with van der Waals surface area (Å²) in [5.74, 6) is -1.04. The fourth-order valence-corrected chi connectivity index (χ4v) is 5.46. The molecular formula is C32H28F2N4O4S2. The Morgan fingerprint density at radius 2 is 1.89 bits per heavy atom. The number of fused-ring (bicyclic) bond motifs is 1. The number of nitrogens with two attached hydrogens (primary N) is 1. The number of ether oxygens (including phenoxy) is 3. The van der Waals surface area contributed by atoms with Gasteiger partial charge < -0.3 is 30.6 Å². The minimum atomic E-state index is -0.647. The molecule has 8 nitrogen and oxygen atoms in total. The highest BCUT2D eigenvalue weighted by Crippen LogP contribution is 2.37. The van der Waals surface area contributed by atoms with Crippen molar-refractivity contribution in [2.45, 2.75) is 19.1 Å². The van der Waals surface area contributed by atoms with Crippen molar-refractivity contribution in [2.75, 3.05) is 18.5 Å². The summed E-state index contributed by atoms with van der Waals surface area (Å²) in [5, 5.41) is 5.30. The van der Waals surface area contributed by atoms with Crippen molar-refractivity contribution in [3.05, 3.63) is 113 Å². The lowest BCUT2D eigenvalue weighted by Crippen LogP contribution is -2.35. The van der Waals surface area contributed by atoms with E-state index in [9.17, 15) is 9.18 Å². The number of carbonyl (C=O) groups excluding carboxylic acids is 1. The Morgan fingerprint density at radius 1 is 1.11 bits per heavy atom. The topological polar surface area (TPSA) is 108 Å². The van der Waals surface area contributed by atoms with Gasteiger partial charge >= 0.3 is 0 Å². The number of hydrogen-bond donors (Lipinski definition) is 3. The summed E-state index contributed by atoms with van der Waals surface area (Å²) in [6.45, 7) is 5.07. The molecule has 0 saturated carbocycles. The number of benzene rings is 2. The average Bonchev–Trinajstić information content (AvgIpc) is 3.46. The van der Waals surface area contributed by atoms with Crippen molar-refractivity contribution in [2.24, 2.45) is 5.73 Å². The third kappa shape index (κ3) is 7.91. The molecule has 1 amide bonds. The fourth-order valence-electron chi connectivity index (χ4n) is 4.23. The summed E-state index contributed by atoms with van der Waals surface area (Å²) in [5.41, 5.74) is 9.22. The van der Waals surface area contributed by atoms with Gasteiger partial charge in [0.15, 0.2) is 23.0 Å². The van der Waals surface area contributed by atoms with Gasteiger partial charge in [-0.15, -0.1) is 11.3 Å². The number of anilines is 1. The average molecular weight is 635 g/mol. The molecular weight excluding hydrogens is 607 g/mol. The van der Waals surface area contributed by atoms with Gasteiger partial charge in [0.25, 0.3) is 0 Å². The highest BCUT2D eigenvalue weighted by Gasteiger charge is 2.17. The second kappa shape index (κ2) is 14.3. The summed E-state index contributed by atoms with van der Waals surface area (Å²) < 4.78 is 46.0. The Morgan fingerprint density at radius 3 is 2.61 bits per heavy atom.